The molecule has 19 heavy (non-hydrogen) atoms. The Bertz CT molecular complexity index is 617. The van der Waals surface area contributed by atoms with Gasteiger partial charge in [0.25, 0.3) is 5.91 Å². The van der Waals surface area contributed by atoms with Crippen molar-refractivity contribution in [3.63, 3.8) is 0 Å². The molecule has 0 aliphatic rings. The lowest BCUT2D eigenvalue weighted by Gasteiger charge is -2.08. The van der Waals surface area contributed by atoms with E-state index in [4.69, 9.17) is 10.5 Å². The summed E-state index contributed by atoms with van der Waals surface area (Å²) in [7, 11) is 1.50. The van der Waals surface area contributed by atoms with Crippen molar-refractivity contribution in [1.82, 2.24) is 10.3 Å². The number of ether oxygens (including phenoxy) is 1. The van der Waals surface area contributed by atoms with Crippen molar-refractivity contribution in [3.05, 3.63) is 48.0 Å². The Labute approximate surface area is 109 Å². The summed E-state index contributed by atoms with van der Waals surface area (Å²) in [5, 5.41) is 2.44. The van der Waals surface area contributed by atoms with Crippen LogP contribution in [-0.2, 0) is 0 Å². The molecular weight excluding hydrogens is 249 g/mol. The first-order valence-electron chi connectivity index (χ1n) is 5.52. The van der Waals surface area contributed by atoms with Gasteiger partial charge in [0.1, 0.15) is 11.4 Å². The molecule has 1 aromatic carbocycles. The summed E-state index contributed by atoms with van der Waals surface area (Å²) >= 11 is 0. The molecule has 5 nitrogen and oxygen atoms in total. The molecule has 0 bridgehead atoms. The van der Waals surface area contributed by atoms with Crippen LogP contribution >= 0.6 is 0 Å². The minimum atomic E-state index is -0.638. The van der Waals surface area contributed by atoms with Crippen molar-refractivity contribution >= 4 is 11.6 Å². The molecule has 0 saturated carbocycles. The number of nitrogens with zero attached hydrogens (tertiary/aromatic N) is 1. The van der Waals surface area contributed by atoms with Gasteiger partial charge in [0.05, 0.1) is 5.69 Å². The Kier molecular flexibility index (Phi) is 3.61. The van der Waals surface area contributed by atoms with Gasteiger partial charge < -0.3 is 15.8 Å². The summed E-state index contributed by atoms with van der Waals surface area (Å²) < 4.78 is 19.0. The van der Waals surface area contributed by atoms with Gasteiger partial charge in [-0.15, -0.1) is 0 Å². The number of nitrogen functional groups attached to an aromatic ring is 1. The van der Waals surface area contributed by atoms with Crippen LogP contribution in [0.3, 0.4) is 0 Å². The third-order valence-electron chi connectivity index (χ3n) is 2.41. The van der Waals surface area contributed by atoms with E-state index in [2.05, 4.69) is 10.3 Å². The number of carbonyl (C=O) groups is 1. The van der Waals surface area contributed by atoms with Gasteiger partial charge in [-0.1, -0.05) is 6.07 Å². The van der Waals surface area contributed by atoms with Gasteiger partial charge in [0, 0.05) is 19.3 Å². The molecule has 0 radical (unpaired) electrons. The normalized spacial score (nSPS) is 10.0. The number of benzene rings is 1. The van der Waals surface area contributed by atoms with Crippen LogP contribution in [0.2, 0.25) is 0 Å². The number of hydrogen-bond donors (Lipinski definition) is 2. The molecular formula is C13H12FN3O2. The van der Waals surface area contributed by atoms with Gasteiger partial charge in [-0.3, -0.25) is 9.78 Å². The predicted molar refractivity (Wildman–Crippen MR) is 68.5 cm³/mol. The highest BCUT2D eigenvalue weighted by atomic mass is 19.1. The second-order valence-corrected chi connectivity index (χ2v) is 3.72. The first-order valence-corrected chi connectivity index (χ1v) is 5.52. The van der Waals surface area contributed by atoms with E-state index in [9.17, 15) is 9.18 Å². The second kappa shape index (κ2) is 5.34. The van der Waals surface area contributed by atoms with Gasteiger partial charge in [-0.2, -0.15) is 0 Å². The quantitative estimate of drug-likeness (QED) is 0.828. The van der Waals surface area contributed by atoms with E-state index in [1.165, 1.54) is 37.5 Å². The monoisotopic (exact) mass is 261 g/mol. The van der Waals surface area contributed by atoms with Crippen LogP contribution in [0.25, 0.3) is 0 Å². The highest BCUT2D eigenvalue weighted by Gasteiger charge is 2.10. The maximum Gasteiger partial charge on any atom is 0.269 e. The van der Waals surface area contributed by atoms with Gasteiger partial charge in [0.2, 0.25) is 0 Å². The Balaban J connectivity index is 2.28. The number of rotatable bonds is 3. The number of halogens is 1. The Morgan fingerprint density at radius 2 is 2.21 bits per heavy atom. The molecule has 0 fully saturated rings. The van der Waals surface area contributed by atoms with Crippen LogP contribution in [-0.4, -0.2) is 17.9 Å². The van der Waals surface area contributed by atoms with Crippen LogP contribution in [0.4, 0.5) is 10.1 Å². The fourth-order valence-corrected chi connectivity index (χ4v) is 1.46. The lowest BCUT2D eigenvalue weighted by atomic mass is 10.3. The summed E-state index contributed by atoms with van der Waals surface area (Å²) in [6.07, 6.45) is 1.41. The molecule has 2 rings (SSSR count). The van der Waals surface area contributed by atoms with Crippen LogP contribution in [0.15, 0.2) is 36.5 Å². The van der Waals surface area contributed by atoms with E-state index in [0.717, 1.165) is 0 Å². The van der Waals surface area contributed by atoms with Crippen LogP contribution in [0.1, 0.15) is 10.5 Å². The zero-order valence-electron chi connectivity index (χ0n) is 10.2. The fourth-order valence-electron chi connectivity index (χ4n) is 1.46. The first kappa shape index (κ1) is 12.8. The summed E-state index contributed by atoms with van der Waals surface area (Å²) in [5.41, 5.74) is 5.63. The second-order valence-electron chi connectivity index (χ2n) is 3.72. The van der Waals surface area contributed by atoms with E-state index in [-0.39, 0.29) is 23.0 Å². The first-order chi connectivity index (χ1) is 9.11. The van der Waals surface area contributed by atoms with Gasteiger partial charge in [-0.05, 0) is 18.2 Å². The van der Waals surface area contributed by atoms with Crippen molar-refractivity contribution in [1.29, 1.82) is 0 Å². The third-order valence-corrected chi connectivity index (χ3v) is 2.41. The van der Waals surface area contributed by atoms with Gasteiger partial charge in [0.15, 0.2) is 11.6 Å². The van der Waals surface area contributed by atoms with E-state index in [1.807, 2.05) is 0 Å². The summed E-state index contributed by atoms with van der Waals surface area (Å²) in [6.45, 7) is 0. The molecule has 6 heteroatoms. The average Bonchev–Trinajstić information content (AvgIpc) is 2.43. The van der Waals surface area contributed by atoms with Crippen molar-refractivity contribution in [2.75, 3.05) is 12.8 Å². The summed E-state index contributed by atoms with van der Waals surface area (Å²) in [4.78, 5) is 15.3. The number of amides is 1. The van der Waals surface area contributed by atoms with Crippen LogP contribution in [0, 0.1) is 5.82 Å². The van der Waals surface area contributed by atoms with Crippen molar-refractivity contribution in [2.45, 2.75) is 0 Å². The maximum atomic E-state index is 13.7. The van der Waals surface area contributed by atoms with Crippen molar-refractivity contribution in [2.24, 2.45) is 0 Å². The van der Waals surface area contributed by atoms with Gasteiger partial charge in [-0.25, -0.2) is 4.39 Å². The Morgan fingerprint density at radius 1 is 1.42 bits per heavy atom. The lowest BCUT2D eigenvalue weighted by molar-refractivity contribution is 0.0958. The third kappa shape index (κ3) is 2.79. The number of carbonyl (C=O) groups excluding carboxylic acids is 1. The van der Waals surface area contributed by atoms with Crippen molar-refractivity contribution in [3.8, 4) is 11.5 Å². The smallest absolute Gasteiger partial charge is 0.269 e. The molecule has 3 N–H and O–H groups in total. The maximum absolute atomic E-state index is 13.7. The highest BCUT2D eigenvalue weighted by molar-refractivity contribution is 5.92. The van der Waals surface area contributed by atoms with Crippen LogP contribution in [0.5, 0.6) is 11.5 Å². The number of aromatic nitrogens is 1. The number of nitrogens with one attached hydrogen (secondary N) is 1. The Morgan fingerprint density at radius 3 is 2.95 bits per heavy atom. The molecule has 0 unspecified atom stereocenters. The predicted octanol–water partition coefficient (Wildman–Crippen LogP) is 1.95. The van der Waals surface area contributed by atoms with E-state index in [0.29, 0.717) is 5.75 Å². The van der Waals surface area contributed by atoms with E-state index in [1.54, 1.807) is 6.07 Å². The molecule has 0 aliphatic heterocycles. The molecule has 2 aromatic rings. The number of anilines is 1. The zero-order chi connectivity index (χ0) is 13.8. The number of nitrogens with two attached hydrogens (primary N) is 1. The zero-order valence-corrected chi connectivity index (χ0v) is 10.2. The topological polar surface area (TPSA) is 77.2 Å². The Hall–Kier alpha value is -2.63. The fraction of sp³-hybridized carbons (Fsp3) is 0.0769. The van der Waals surface area contributed by atoms with E-state index < -0.39 is 5.82 Å². The van der Waals surface area contributed by atoms with Crippen LogP contribution < -0.4 is 15.8 Å². The lowest BCUT2D eigenvalue weighted by Crippen LogP contribution is -2.18. The van der Waals surface area contributed by atoms with E-state index >= 15 is 0 Å². The molecule has 1 aromatic heterocycles. The molecule has 1 heterocycles. The average molecular weight is 261 g/mol. The minimum Gasteiger partial charge on any atom is -0.454 e. The summed E-state index contributed by atoms with van der Waals surface area (Å²) in [6, 6.07) is 7.40. The standard InChI is InChI=1S/C13H12FN3O2/c1-16-13(18)10-7-8(5-6-17-10)19-11-4-2-3-9(15)12(11)14/h2-7H,15H2,1H3,(H,16,18). The number of pyridine rings is 1. The minimum absolute atomic E-state index is 0.00178. The van der Waals surface area contributed by atoms with Crippen molar-refractivity contribution < 1.29 is 13.9 Å². The molecule has 0 spiro atoms. The molecule has 98 valence electrons. The molecule has 0 saturated heterocycles. The number of hydrogen-bond acceptors (Lipinski definition) is 4. The molecule has 0 aliphatic carbocycles. The molecule has 1 amide bonds. The highest BCUT2D eigenvalue weighted by Crippen LogP contribution is 2.27. The summed E-state index contributed by atoms with van der Waals surface area (Å²) in [5.74, 6) is -0.688. The van der Waals surface area contributed by atoms with Gasteiger partial charge >= 0.3 is 0 Å². The SMILES string of the molecule is CNC(=O)c1cc(Oc2cccc(N)c2F)ccn1. The largest absolute Gasteiger partial charge is 0.454 e. The molecule has 0 atom stereocenters.